The van der Waals surface area contributed by atoms with E-state index in [1.165, 1.54) is 12.3 Å². The van der Waals surface area contributed by atoms with Gasteiger partial charge in [0.1, 0.15) is 6.10 Å². The van der Waals surface area contributed by atoms with Crippen molar-refractivity contribution in [1.29, 1.82) is 0 Å². The van der Waals surface area contributed by atoms with Crippen LogP contribution in [0.4, 0.5) is 0 Å². The molecule has 1 spiro atoms. The average molecular weight is 384 g/mol. The molecule has 2 saturated heterocycles. The van der Waals surface area contributed by atoms with Crippen LogP contribution >= 0.6 is 15.9 Å². The van der Waals surface area contributed by atoms with Crippen LogP contribution in [0.5, 0.6) is 0 Å². The first-order valence-corrected chi connectivity index (χ1v) is 8.38. The fraction of sp³-hybridized carbons (Fsp3) is 0.533. The van der Waals surface area contributed by atoms with Gasteiger partial charge in [-0.2, -0.15) is 0 Å². The number of piperidine rings is 1. The summed E-state index contributed by atoms with van der Waals surface area (Å²) in [5, 5.41) is 5.98. The molecule has 2 aliphatic rings. The molecule has 1 unspecified atom stereocenters. The molecule has 3 N–H and O–H groups in total. The molecule has 7 nitrogen and oxygen atoms in total. The van der Waals surface area contributed by atoms with E-state index < -0.39 is 5.41 Å². The molecule has 1 aromatic heterocycles. The number of cyclic esters (lactones) is 1. The molecule has 0 radical (unpaired) electrons. The highest BCUT2D eigenvalue weighted by molar-refractivity contribution is 9.10. The summed E-state index contributed by atoms with van der Waals surface area (Å²) in [4.78, 5) is 38.1. The highest BCUT2D eigenvalue weighted by atomic mass is 79.9. The maximum Gasteiger partial charge on any atom is 0.312 e. The van der Waals surface area contributed by atoms with E-state index in [0.29, 0.717) is 10.9 Å². The zero-order valence-electron chi connectivity index (χ0n) is 12.5. The lowest BCUT2D eigenvalue weighted by atomic mass is 9.76. The Labute approximate surface area is 141 Å². The second kappa shape index (κ2) is 6.45. The summed E-state index contributed by atoms with van der Waals surface area (Å²) in [5.74, 6) is -0.527. The second-order valence-electron chi connectivity index (χ2n) is 6.03. The largest absolute Gasteiger partial charge is 0.460 e. The average Bonchev–Trinajstić information content (AvgIpc) is 2.84. The molecule has 0 bridgehead atoms. The zero-order chi connectivity index (χ0) is 16.4. The lowest BCUT2D eigenvalue weighted by Crippen LogP contribution is -2.39. The van der Waals surface area contributed by atoms with Crippen molar-refractivity contribution in [2.45, 2.75) is 25.4 Å². The number of hydrogen-bond acceptors (Lipinski definition) is 5. The van der Waals surface area contributed by atoms with Crippen LogP contribution in [0.15, 0.2) is 21.5 Å². The van der Waals surface area contributed by atoms with Gasteiger partial charge in [-0.25, -0.2) is 0 Å². The Kier molecular flexibility index (Phi) is 4.54. The van der Waals surface area contributed by atoms with Crippen LogP contribution in [0.25, 0.3) is 0 Å². The van der Waals surface area contributed by atoms with E-state index in [-0.39, 0.29) is 35.6 Å². The van der Waals surface area contributed by atoms with E-state index in [2.05, 4.69) is 31.5 Å². The first-order chi connectivity index (χ1) is 11.0. The van der Waals surface area contributed by atoms with E-state index in [0.717, 1.165) is 25.9 Å². The standard InChI is InChI=1S/C15H18BrN3O4/c16-11-8-18-12(20)5-10(11)13(21)19-7-9-6-15(14(22)23-9)1-3-17-4-2-15/h5,8-9,17H,1-4,6-7H2,(H,18,20)(H,19,21). The summed E-state index contributed by atoms with van der Waals surface area (Å²) in [7, 11) is 0. The predicted molar refractivity (Wildman–Crippen MR) is 86.1 cm³/mol. The number of ether oxygens (including phenoxy) is 1. The van der Waals surface area contributed by atoms with E-state index in [1.807, 2.05) is 0 Å². The monoisotopic (exact) mass is 383 g/mol. The van der Waals surface area contributed by atoms with E-state index >= 15 is 0 Å². The van der Waals surface area contributed by atoms with Gasteiger partial charge in [-0.1, -0.05) is 0 Å². The van der Waals surface area contributed by atoms with Crippen molar-refractivity contribution in [1.82, 2.24) is 15.6 Å². The van der Waals surface area contributed by atoms with E-state index in [9.17, 15) is 14.4 Å². The molecule has 3 heterocycles. The van der Waals surface area contributed by atoms with Gasteiger partial charge in [-0.15, -0.1) is 0 Å². The van der Waals surface area contributed by atoms with Crippen LogP contribution in [-0.2, 0) is 9.53 Å². The van der Waals surface area contributed by atoms with Gasteiger partial charge in [0, 0.05) is 23.2 Å². The van der Waals surface area contributed by atoms with E-state index in [4.69, 9.17) is 4.74 Å². The minimum atomic E-state index is -0.398. The highest BCUT2D eigenvalue weighted by Crippen LogP contribution is 2.41. The van der Waals surface area contributed by atoms with Gasteiger partial charge in [-0.3, -0.25) is 14.4 Å². The first kappa shape index (κ1) is 16.2. The normalized spacial score (nSPS) is 22.8. The second-order valence-corrected chi connectivity index (χ2v) is 6.89. The van der Waals surface area contributed by atoms with Gasteiger partial charge in [-0.05, 0) is 41.9 Å². The van der Waals surface area contributed by atoms with Crippen molar-refractivity contribution in [3.63, 3.8) is 0 Å². The maximum atomic E-state index is 12.2. The van der Waals surface area contributed by atoms with Gasteiger partial charge < -0.3 is 20.4 Å². The third kappa shape index (κ3) is 3.32. The van der Waals surface area contributed by atoms with Gasteiger partial charge in [0.25, 0.3) is 5.91 Å². The number of rotatable bonds is 3. The fourth-order valence-corrected chi connectivity index (χ4v) is 3.60. The molecule has 124 valence electrons. The summed E-state index contributed by atoms with van der Waals surface area (Å²) >= 11 is 3.23. The van der Waals surface area contributed by atoms with Crippen LogP contribution in [0.1, 0.15) is 29.6 Å². The quantitative estimate of drug-likeness (QED) is 0.661. The molecular weight excluding hydrogens is 366 g/mol. The Bertz CT molecular complexity index is 682. The van der Waals surface area contributed by atoms with Crippen molar-refractivity contribution in [3.8, 4) is 0 Å². The fourth-order valence-electron chi connectivity index (χ4n) is 3.19. The number of carbonyl (C=O) groups excluding carboxylic acids is 2. The number of halogens is 1. The topological polar surface area (TPSA) is 100 Å². The molecule has 1 atom stereocenters. The van der Waals surface area contributed by atoms with Gasteiger partial charge in [0.15, 0.2) is 0 Å². The molecule has 3 rings (SSSR count). The molecule has 1 aromatic rings. The molecular formula is C15H18BrN3O4. The highest BCUT2D eigenvalue weighted by Gasteiger charge is 2.49. The molecule has 2 fully saturated rings. The number of amides is 1. The van der Waals surface area contributed by atoms with E-state index in [1.54, 1.807) is 0 Å². The SMILES string of the molecule is O=C(NCC1CC2(CCNCC2)C(=O)O1)c1cc(=O)[nH]cc1Br. The Morgan fingerprint density at radius 1 is 1.39 bits per heavy atom. The van der Waals surface area contributed by atoms with Crippen LogP contribution < -0.4 is 16.2 Å². The molecule has 23 heavy (non-hydrogen) atoms. The lowest BCUT2D eigenvalue weighted by molar-refractivity contribution is -0.149. The number of esters is 1. The van der Waals surface area contributed by atoms with Crippen molar-refractivity contribution >= 4 is 27.8 Å². The van der Waals surface area contributed by atoms with Crippen LogP contribution in [0.3, 0.4) is 0 Å². The van der Waals surface area contributed by atoms with Crippen LogP contribution in [0, 0.1) is 5.41 Å². The van der Waals surface area contributed by atoms with Crippen molar-refractivity contribution < 1.29 is 14.3 Å². The molecule has 8 heteroatoms. The third-order valence-electron chi connectivity index (χ3n) is 4.49. The van der Waals surface area contributed by atoms with Crippen LogP contribution in [0.2, 0.25) is 0 Å². The Morgan fingerprint density at radius 3 is 2.87 bits per heavy atom. The molecule has 0 aliphatic carbocycles. The zero-order valence-corrected chi connectivity index (χ0v) is 14.1. The number of carbonyl (C=O) groups is 2. The third-order valence-corrected chi connectivity index (χ3v) is 5.15. The van der Waals surface area contributed by atoms with Gasteiger partial charge in [0.05, 0.1) is 17.5 Å². The van der Waals surface area contributed by atoms with Crippen molar-refractivity contribution in [2.24, 2.45) is 5.41 Å². The smallest absolute Gasteiger partial charge is 0.312 e. The Morgan fingerprint density at radius 2 is 2.13 bits per heavy atom. The van der Waals surface area contributed by atoms with Crippen LogP contribution in [-0.4, -0.2) is 42.6 Å². The number of aromatic amines is 1. The Hall–Kier alpha value is -1.67. The molecule has 0 saturated carbocycles. The summed E-state index contributed by atoms with van der Waals surface area (Å²) in [6.07, 6.45) is 3.29. The summed E-state index contributed by atoms with van der Waals surface area (Å²) in [5.41, 5.74) is -0.487. The number of H-pyrrole nitrogens is 1. The van der Waals surface area contributed by atoms with Crippen molar-refractivity contribution in [2.75, 3.05) is 19.6 Å². The van der Waals surface area contributed by atoms with Gasteiger partial charge in [0.2, 0.25) is 5.56 Å². The number of nitrogens with one attached hydrogen (secondary N) is 3. The Balaban J connectivity index is 1.61. The summed E-state index contributed by atoms with van der Waals surface area (Å²) in [6.45, 7) is 1.88. The molecule has 1 amide bonds. The number of hydrogen-bond donors (Lipinski definition) is 3. The molecule has 0 aromatic carbocycles. The minimum absolute atomic E-state index is 0.157. The molecule has 2 aliphatic heterocycles. The summed E-state index contributed by atoms with van der Waals surface area (Å²) < 4.78 is 5.94. The minimum Gasteiger partial charge on any atom is -0.460 e. The predicted octanol–water partition coefficient (Wildman–Crippen LogP) is 0.553. The number of pyridine rings is 1. The summed E-state index contributed by atoms with van der Waals surface area (Å²) in [6, 6.07) is 1.23. The van der Waals surface area contributed by atoms with Gasteiger partial charge >= 0.3 is 5.97 Å². The maximum absolute atomic E-state index is 12.2. The van der Waals surface area contributed by atoms with Crippen molar-refractivity contribution in [3.05, 3.63) is 32.7 Å². The first-order valence-electron chi connectivity index (χ1n) is 7.58. The number of aromatic nitrogens is 1. The lowest BCUT2D eigenvalue weighted by Gasteiger charge is -2.29.